The number of urea groups is 1. The SMILES string of the molecule is CC1CCC2(CC1)NC(=O)N(NC(=O)c1ccc[n+]([O-])c1)C2=O. The molecule has 2 fully saturated rings. The average molecular weight is 318 g/mol. The van der Waals surface area contributed by atoms with Gasteiger partial charge in [0.05, 0.1) is 0 Å². The maximum atomic E-state index is 12.6. The number of aromatic nitrogens is 1. The van der Waals surface area contributed by atoms with E-state index in [4.69, 9.17) is 0 Å². The van der Waals surface area contributed by atoms with Crippen molar-refractivity contribution in [3.8, 4) is 0 Å². The van der Waals surface area contributed by atoms with Crippen LogP contribution in [0.3, 0.4) is 0 Å². The van der Waals surface area contributed by atoms with Crippen molar-refractivity contribution < 1.29 is 19.1 Å². The maximum Gasteiger partial charge on any atom is 0.344 e. The van der Waals surface area contributed by atoms with Crippen molar-refractivity contribution in [3.05, 3.63) is 35.3 Å². The smallest absolute Gasteiger partial charge is 0.344 e. The topological polar surface area (TPSA) is 105 Å². The van der Waals surface area contributed by atoms with Gasteiger partial charge in [-0.05, 0) is 37.7 Å². The molecule has 0 unspecified atom stereocenters. The number of carbonyl (C=O) groups excluding carboxylic acids is 3. The summed E-state index contributed by atoms with van der Waals surface area (Å²) in [5, 5.41) is 14.6. The third kappa shape index (κ3) is 2.71. The van der Waals surface area contributed by atoms with Crippen LogP contribution in [0.15, 0.2) is 24.5 Å². The minimum atomic E-state index is -0.911. The predicted octanol–water partition coefficient (Wildman–Crippen LogP) is 0.466. The highest BCUT2D eigenvalue weighted by atomic mass is 16.5. The van der Waals surface area contributed by atoms with E-state index in [-0.39, 0.29) is 5.56 Å². The molecule has 3 rings (SSSR count). The lowest BCUT2D eigenvalue weighted by molar-refractivity contribution is -0.605. The van der Waals surface area contributed by atoms with Gasteiger partial charge in [0.15, 0.2) is 12.4 Å². The monoisotopic (exact) mass is 318 g/mol. The lowest BCUT2D eigenvalue weighted by Gasteiger charge is -2.33. The van der Waals surface area contributed by atoms with E-state index in [2.05, 4.69) is 17.7 Å². The second kappa shape index (κ2) is 5.53. The van der Waals surface area contributed by atoms with E-state index in [1.54, 1.807) is 0 Å². The second-order valence-corrected chi connectivity index (χ2v) is 6.23. The molecule has 2 aliphatic rings. The normalized spacial score (nSPS) is 27.2. The molecule has 1 saturated heterocycles. The Morgan fingerprint density at radius 2 is 2.13 bits per heavy atom. The number of hydrazine groups is 1. The van der Waals surface area contributed by atoms with Gasteiger partial charge in [0, 0.05) is 6.07 Å². The molecule has 0 atom stereocenters. The molecular weight excluding hydrogens is 300 g/mol. The summed E-state index contributed by atoms with van der Waals surface area (Å²) in [4.78, 5) is 36.8. The number of hydrogen-bond acceptors (Lipinski definition) is 4. The standard InChI is InChI=1S/C15H18N4O4/c1-10-4-6-15(7-5-10)13(21)19(14(22)16-15)17-12(20)11-3-2-8-18(23)9-11/h2-3,8-10H,4-7H2,1H3,(H,16,22)(H,17,20). The zero-order valence-corrected chi connectivity index (χ0v) is 12.7. The van der Waals surface area contributed by atoms with Crippen LogP contribution in [-0.2, 0) is 4.79 Å². The maximum absolute atomic E-state index is 12.6. The molecule has 1 aromatic rings. The van der Waals surface area contributed by atoms with Gasteiger partial charge < -0.3 is 10.5 Å². The second-order valence-electron chi connectivity index (χ2n) is 6.23. The Bertz CT molecular complexity index is 667. The molecule has 1 aliphatic heterocycles. The van der Waals surface area contributed by atoms with Crippen LogP contribution < -0.4 is 15.5 Å². The number of amides is 4. The molecule has 1 saturated carbocycles. The minimum absolute atomic E-state index is 0.0707. The molecule has 1 spiro atoms. The van der Waals surface area contributed by atoms with Crippen LogP contribution in [0, 0.1) is 11.1 Å². The van der Waals surface area contributed by atoms with Crippen molar-refractivity contribution in [2.24, 2.45) is 5.92 Å². The van der Waals surface area contributed by atoms with Crippen molar-refractivity contribution in [2.75, 3.05) is 0 Å². The Hall–Kier alpha value is -2.64. The number of rotatable bonds is 2. The van der Waals surface area contributed by atoms with Crippen molar-refractivity contribution >= 4 is 17.8 Å². The number of nitrogens with one attached hydrogen (secondary N) is 2. The zero-order chi connectivity index (χ0) is 16.6. The highest BCUT2D eigenvalue weighted by Gasteiger charge is 2.52. The average Bonchev–Trinajstić information content (AvgIpc) is 2.75. The molecular formula is C15H18N4O4. The van der Waals surface area contributed by atoms with E-state index in [0.29, 0.717) is 23.5 Å². The Morgan fingerprint density at radius 1 is 1.43 bits per heavy atom. The van der Waals surface area contributed by atoms with Gasteiger partial charge >= 0.3 is 6.03 Å². The third-order valence-electron chi connectivity index (χ3n) is 4.54. The van der Waals surface area contributed by atoms with E-state index in [9.17, 15) is 19.6 Å². The molecule has 122 valence electrons. The van der Waals surface area contributed by atoms with Crippen LogP contribution in [0.4, 0.5) is 4.79 Å². The molecule has 4 amide bonds. The van der Waals surface area contributed by atoms with Gasteiger partial charge in [0.2, 0.25) is 0 Å². The number of pyridine rings is 1. The first kappa shape index (κ1) is 15.3. The number of nitrogens with zero attached hydrogens (tertiary/aromatic N) is 2. The van der Waals surface area contributed by atoms with Gasteiger partial charge in [-0.25, -0.2) is 4.79 Å². The van der Waals surface area contributed by atoms with Gasteiger partial charge in [0.25, 0.3) is 11.8 Å². The summed E-state index contributed by atoms with van der Waals surface area (Å²) in [5.74, 6) is -0.598. The first-order valence-electron chi connectivity index (χ1n) is 7.58. The fourth-order valence-corrected chi connectivity index (χ4v) is 3.07. The molecule has 0 radical (unpaired) electrons. The van der Waals surface area contributed by atoms with Crippen molar-refractivity contribution in [2.45, 2.75) is 38.1 Å². The molecule has 1 aromatic heterocycles. The lowest BCUT2D eigenvalue weighted by atomic mass is 9.77. The summed E-state index contributed by atoms with van der Waals surface area (Å²) in [7, 11) is 0. The van der Waals surface area contributed by atoms with E-state index >= 15 is 0 Å². The Morgan fingerprint density at radius 3 is 2.78 bits per heavy atom. The largest absolute Gasteiger partial charge is 0.619 e. The molecule has 8 heteroatoms. The molecule has 23 heavy (non-hydrogen) atoms. The molecule has 2 heterocycles. The first-order chi connectivity index (χ1) is 10.9. The number of hydrogen-bond donors (Lipinski definition) is 2. The van der Waals surface area contributed by atoms with Gasteiger partial charge in [-0.15, -0.1) is 0 Å². The number of imide groups is 1. The quantitative estimate of drug-likeness (QED) is 0.469. The molecule has 1 aliphatic carbocycles. The van der Waals surface area contributed by atoms with Gasteiger partial charge in [-0.2, -0.15) is 9.74 Å². The van der Waals surface area contributed by atoms with Crippen LogP contribution in [0.25, 0.3) is 0 Å². The summed E-state index contributed by atoms with van der Waals surface area (Å²) in [6.07, 6.45) is 5.15. The predicted molar refractivity (Wildman–Crippen MR) is 78.6 cm³/mol. The van der Waals surface area contributed by atoms with Crippen molar-refractivity contribution in [3.63, 3.8) is 0 Å². The molecule has 2 N–H and O–H groups in total. The fraction of sp³-hybridized carbons (Fsp3) is 0.467. The Balaban J connectivity index is 1.75. The molecule has 0 bridgehead atoms. The van der Waals surface area contributed by atoms with Crippen molar-refractivity contribution in [1.29, 1.82) is 0 Å². The van der Waals surface area contributed by atoms with E-state index in [0.717, 1.165) is 24.0 Å². The van der Waals surface area contributed by atoms with Gasteiger partial charge in [0.1, 0.15) is 11.1 Å². The summed E-state index contributed by atoms with van der Waals surface area (Å²) in [5.41, 5.74) is 1.45. The van der Waals surface area contributed by atoms with Gasteiger partial charge in [-0.1, -0.05) is 6.92 Å². The minimum Gasteiger partial charge on any atom is -0.619 e. The van der Waals surface area contributed by atoms with Crippen LogP contribution in [-0.4, -0.2) is 28.4 Å². The third-order valence-corrected chi connectivity index (χ3v) is 4.54. The fourth-order valence-electron chi connectivity index (χ4n) is 3.07. The lowest BCUT2D eigenvalue weighted by Crippen LogP contribution is -2.51. The molecule has 8 nitrogen and oxygen atoms in total. The first-order valence-corrected chi connectivity index (χ1v) is 7.58. The van der Waals surface area contributed by atoms with Crippen molar-refractivity contribution in [1.82, 2.24) is 15.8 Å². The summed E-state index contributed by atoms with van der Waals surface area (Å²) in [6.45, 7) is 2.11. The Labute approximate surface area is 133 Å². The summed E-state index contributed by atoms with van der Waals surface area (Å²) >= 11 is 0. The highest BCUT2D eigenvalue weighted by molar-refractivity contribution is 6.09. The molecule has 0 aromatic carbocycles. The Kier molecular flexibility index (Phi) is 3.67. The number of carbonyl (C=O) groups is 3. The van der Waals surface area contributed by atoms with Gasteiger partial charge in [-0.3, -0.25) is 15.0 Å². The van der Waals surface area contributed by atoms with Crippen LogP contribution in [0.1, 0.15) is 43.0 Å². The zero-order valence-electron chi connectivity index (χ0n) is 12.7. The van der Waals surface area contributed by atoms with Crippen LogP contribution in [0.2, 0.25) is 0 Å². The van der Waals surface area contributed by atoms with E-state index in [1.165, 1.54) is 18.3 Å². The van der Waals surface area contributed by atoms with Crippen LogP contribution in [0.5, 0.6) is 0 Å². The van der Waals surface area contributed by atoms with Crippen LogP contribution >= 0.6 is 0 Å². The van der Waals surface area contributed by atoms with E-state index in [1.807, 2.05) is 0 Å². The summed E-state index contributed by atoms with van der Waals surface area (Å²) < 4.78 is 0.477. The van der Waals surface area contributed by atoms with E-state index < -0.39 is 23.4 Å². The summed E-state index contributed by atoms with van der Waals surface area (Å²) in [6, 6.07) is 2.21. The highest BCUT2D eigenvalue weighted by Crippen LogP contribution is 2.35.